The molecule has 0 bridgehead atoms. The van der Waals surface area contributed by atoms with E-state index in [0.29, 0.717) is 0 Å². The molecule has 1 rings (SSSR count). The number of aromatic hydroxyl groups is 1. The standard InChI is InChI=1S/C6H7BO4.C6H14O2/c8-5-1-3-6(4-2-5)11-7(9)10;1-5(2,7)6(3,4)8/h1-4,8-10H;7-8H,1-4H3. The van der Waals surface area contributed by atoms with Gasteiger partial charge in [-0.05, 0) is 52.0 Å². The van der Waals surface area contributed by atoms with Gasteiger partial charge in [-0.3, -0.25) is 0 Å². The molecule has 19 heavy (non-hydrogen) atoms. The molecule has 0 fully saturated rings. The van der Waals surface area contributed by atoms with Crippen molar-refractivity contribution in [3.05, 3.63) is 24.3 Å². The van der Waals surface area contributed by atoms with Gasteiger partial charge in [-0.2, -0.15) is 0 Å². The highest BCUT2D eigenvalue weighted by Crippen LogP contribution is 2.19. The van der Waals surface area contributed by atoms with E-state index in [2.05, 4.69) is 4.65 Å². The highest BCUT2D eigenvalue weighted by Gasteiger charge is 2.31. The van der Waals surface area contributed by atoms with E-state index in [1.165, 1.54) is 24.3 Å². The fourth-order valence-electron chi connectivity index (χ4n) is 0.646. The molecular formula is C12H21BO6. The van der Waals surface area contributed by atoms with Gasteiger partial charge in [0.05, 0.1) is 11.2 Å². The zero-order chi connectivity index (χ0) is 15.3. The van der Waals surface area contributed by atoms with Crippen LogP contribution in [0.4, 0.5) is 0 Å². The first-order valence-corrected chi connectivity index (χ1v) is 5.70. The predicted octanol–water partition coefficient (Wildman–Crippen LogP) is 0.269. The highest BCUT2D eigenvalue weighted by molar-refractivity contribution is 6.33. The third-order valence-corrected chi connectivity index (χ3v) is 2.58. The van der Waals surface area contributed by atoms with E-state index in [4.69, 9.17) is 25.4 Å². The van der Waals surface area contributed by atoms with Crippen molar-refractivity contribution in [3.63, 3.8) is 0 Å². The molecule has 1 aromatic rings. The minimum Gasteiger partial charge on any atom is -0.512 e. The molecule has 0 aromatic heterocycles. The molecule has 108 valence electrons. The minimum atomic E-state index is -1.82. The minimum absolute atomic E-state index is 0.102. The Morgan fingerprint density at radius 1 is 0.895 bits per heavy atom. The molecule has 0 unspecified atom stereocenters. The van der Waals surface area contributed by atoms with Gasteiger partial charge in [-0.25, -0.2) is 0 Å². The van der Waals surface area contributed by atoms with Crippen LogP contribution in [0.15, 0.2) is 24.3 Å². The highest BCUT2D eigenvalue weighted by atomic mass is 16.6. The van der Waals surface area contributed by atoms with Crippen LogP contribution in [0.1, 0.15) is 27.7 Å². The van der Waals surface area contributed by atoms with Gasteiger partial charge in [0.15, 0.2) is 0 Å². The molecule has 6 nitrogen and oxygen atoms in total. The van der Waals surface area contributed by atoms with E-state index >= 15 is 0 Å². The quantitative estimate of drug-likeness (QED) is 0.505. The van der Waals surface area contributed by atoms with Crippen LogP contribution < -0.4 is 4.65 Å². The normalized spacial score (nSPS) is 11.4. The monoisotopic (exact) mass is 272 g/mol. The van der Waals surface area contributed by atoms with E-state index < -0.39 is 18.5 Å². The van der Waals surface area contributed by atoms with Crippen molar-refractivity contribution in [1.29, 1.82) is 0 Å². The molecule has 0 atom stereocenters. The van der Waals surface area contributed by atoms with Gasteiger partial charge in [-0.15, -0.1) is 0 Å². The molecule has 1 aromatic carbocycles. The zero-order valence-electron chi connectivity index (χ0n) is 11.5. The molecule has 0 aliphatic heterocycles. The van der Waals surface area contributed by atoms with Crippen LogP contribution in [0.2, 0.25) is 0 Å². The van der Waals surface area contributed by atoms with Crippen LogP contribution in [0.3, 0.4) is 0 Å². The maximum atomic E-state index is 9.10. The number of rotatable bonds is 3. The van der Waals surface area contributed by atoms with Gasteiger partial charge in [0.1, 0.15) is 11.5 Å². The molecule has 0 amide bonds. The number of phenols is 1. The number of aliphatic hydroxyl groups is 2. The summed E-state index contributed by atoms with van der Waals surface area (Å²) in [7, 11) is -1.82. The van der Waals surface area contributed by atoms with E-state index in [9.17, 15) is 0 Å². The predicted molar refractivity (Wildman–Crippen MR) is 71.5 cm³/mol. The van der Waals surface area contributed by atoms with Crippen LogP contribution in [-0.2, 0) is 0 Å². The van der Waals surface area contributed by atoms with Crippen molar-refractivity contribution in [2.24, 2.45) is 0 Å². The maximum Gasteiger partial charge on any atom is 0.707 e. The van der Waals surface area contributed by atoms with Crippen molar-refractivity contribution >= 4 is 7.32 Å². The first-order chi connectivity index (χ1) is 8.43. The van der Waals surface area contributed by atoms with Crippen molar-refractivity contribution in [2.45, 2.75) is 38.9 Å². The van der Waals surface area contributed by atoms with Crippen LogP contribution in [0, 0.1) is 0 Å². The van der Waals surface area contributed by atoms with Crippen LogP contribution in [-0.4, -0.2) is 43.9 Å². The van der Waals surface area contributed by atoms with Gasteiger partial charge in [0.2, 0.25) is 0 Å². The second-order valence-electron chi connectivity index (χ2n) is 5.06. The van der Waals surface area contributed by atoms with Crippen molar-refractivity contribution < 1.29 is 30.0 Å². The number of phenolic OH excluding ortho intramolecular Hbond substituents is 1. The molecular weight excluding hydrogens is 251 g/mol. The Morgan fingerprint density at radius 2 is 1.26 bits per heavy atom. The second-order valence-corrected chi connectivity index (χ2v) is 5.06. The van der Waals surface area contributed by atoms with Gasteiger partial charge in [-0.1, -0.05) is 0 Å². The largest absolute Gasteiger partial charge is 0.707 e. The topological polar surface area (TPSA) is 110 Å². The Kier molecular flexibility index (Phi) is 6.31. The fraction of sp³-hybridized carbons (Fsp3) is 0.500. The first-order valence-electron chi connectivity index (χ1n) is 5.70. The average Bonchev–Trinajstić information content (AvgIpc) is 2.18. The second kappa shape index (κ2) is 6.77. The Hall–Kier alpha value is -1.28. The third-order valence-electron chi connectivity index (χ3n) is 2.58. The lowest BCUT2D eigenvalue weighted by molar-refractivity contribution is -0.107. The van der Waals surface area contributed by atoms with Crippen molar-refractivity contribution in [2.75, 3.05) is 0 Å². The van der Waals surface area contributed by atoms with E-state index in [-0.39, 0.29) is 11.5 Å². The Labute approximate surface area is 113 Å². The van der Waals surface area contributed by atoms with Gasteiger partial charge >= 0.3 is 7.32 Å². The molecule has 0 saturated heterocycles. The molecule has 0 spiro atoms. The maximum absolute atomic E-state index is 9.10. The lowest BCUT2D eigenvalue weighted by atomic mass is 9.90. The number of hydrogen-bond donors (Lipinski definition) is 5. The third kappa shape index (κ3) is 7.68. The van der Waals surface area contributed by atoms with Gasteiger partial charge in [0, 0.05) is 0 Å². The summed E-state index contributed by atoms with van der Waals surface area (Å²) < 4.78 is 4.47. The van der Waals surface area contributed by atoms with Crippen LogP contribution >= 0.6 is 0 Å². The Balaban J connectivity index is 0.000000362. The lowest BCUT2D eigenvalue weighted by Gasteiger charge is -2.31. The molecule has 0 aliphatic rings. The molecule has 7 heteroatoms. The molecule has 0 radical (unpaired) electrons. The van der Waals surface area contributed by atoms with Crippen LogP contribution in [0.5, 0.6) is 11.5 Å². The smallest absolute Gasteiger partial charge is 0.512 e. The van der Waals surface area contributed by atoms with Gasteiger partial charge in [0.25, 0.3) is 0 Å². The summed E-state index contributed by atoms with van der Waals surface area (Å²) in [4.78, 5) is 0. The van der Waals surface area contributed by atoms with Crippen molar-refractivity contribution in [3.8, 4) is 11.5 Å². The van der Waals surface area contributed by atoms with Gasteiger partial charge < -0.3 is 30.0 Å². The zero-order valence-corrected chi connectivity index (χ0v) is 11.5. The molecule has 0 heterocycles. The summed E-state index contributed by atoms with van der Waals surface area (Å²) in [6.07, 6.45) is 0. The summed E-state index contributed by atoms with van der Waals surface area (Å²) in [6, 6.07) is 5.62. The summed E-state index contributed by atoms with van der Waals surface area (Å²) in [5.74, 6) is 0.391. The first kappa shape index (κ1) is 17.7. The SMILES string of the molecule is CC(C)(O)C(C)(C)O.OB(O)Oc1ccc(O)cc1. The number of benzene rings is 1. The summed E-state index contributed by atoms with van der Waals surface area (Å²) in [5.41, 5.74) is -2.01. The summed E-state index contributed by atoms with van der Waals surface area (Å²) >= 11 is 0. The number of hydrogen-bond acceptors (Lipinski definition) is 6. The van der Waals surface area contributed by atoms with E-state index in [0.717, 1.165) is 0 Å². The van der Waals surface area contributed by atoms with Crippen molar-refractivity contribution in [1.82, 2.24) is 0 Å². The van der Waals surface area contributed by atoms with Crippen LogP contribution in [0.25, 0.3) is 0 Å². The Morgan fingerprint density at radius 3 is 1.53 bits per heavy atom. The molecule has 5 N–H and O–H groups in total. The summed E-state index contributed by atoms with van der Waals surface area (Å²) in [6.45, 7) is 6.31. The fourth-order valence-corrected chi connectivity index (χ4v) is 0.646. The summed E-state index contributed by atoms with van der Waals surface area (Å²) in [5, 5.41) is 43.7. The molecule has 0 saturated carbocycles. The average molecular weight is 272 g/mol. The van der Waals surface area contributed by atoms with E-state index in [1.807, 2.05) is 0 Å². The lowest BCUT2D eigenvalue weighted by Crippen LogP contribution is -2.44. The molecule has 0 aliphatic carbocycles. The Bertz CT molecular complexity index is 351. The van der Waals surface area contributed by atoms with E-state index in [1.54, 1.807) is 27.7 Å².